The molecule has 0 bridgehead atoms. The Labute approximate surface area is 220 Å². The third kappa shape index (κ3) is 6.41. The van der Waals surface area contributed by atoms with Gasteiger partial charge in [0.05, 0.1) is 21.2 Å². The molecule has 0 aliphatic carbocycles. The van der Waals surface area contributed by atoms with Crippen LogP contribution >= 0.6 is 23.4 Å². The van der Waals surface area contributed by atoms with Gasteiger partial charge in [-0.15, -0.1) is 0 Å². The normalized spacial score (nSPS) is 11.8. The summed E-state index contributed by atoms with van der Waals surface area (Å²) >= 11 is 7.36. The second-order valence-electron chi connectivity index (χ2n) is 8.10. The van der Waals surface area contributed by atoms with Gasteiger partial charge < -0.3 is 0 Å². The largest absolute Gasteiger partial charge is 0.277 e. The number of sulfonamides is 2. The van der Waals surface area contributed by atoms with Crippen LogP contribution in [0.4, 0.5) is 11.4 Å². The van der Waals surface area contributed by atoms with Crippen molar-refractivity contribution >= 4 is 54.8 Å². The van der Waals surface area contributed by atoms with E-state index < -0.39 is 20.0 Å². The number of anilines is 2. The molecule has 0 saturated heterocycles. The molecule has 36 heavy (non-hydrogen) atoms. The second-order valence-corrected chi connectivity index (χ2v) is 13.0. The Morgan fingerprint density at radius 1 is 0.583 bits per heavy atom. The van der Waals surface area contributed by atoms with Crippen LogP contribution in [-0.4, -0.2) is 16.8 Å². The summed E-state index contributed by atoms with van der Waals surface area (Å²) in [5, 5.41) is 0.603. The molecule has 186 valence electrons. The predicted octanol–water partition coefficient (Wildman–Crippen LogP) is 6.71. The lowest BCUT2D eigenvalue weighted by molar-refractivity contribution is 0.599. The Kier molecular flexibility index (Phi) is 7.65. The number of nitrogens with one attached hydrogen (secondary N) is 2. The summed E-state index contributed by atoms with van der Waals surface area (Å²) in [4.78, 5) is 1.73. The zero-order valence-corrected chi connectivity index (χ0v) is 22.6. The highest BCUT2D eigenvalue weighted by Crippen LogP contribution is 2.35. The highest BCUT2D eigenvalue weighted by molar-refractivity contribution is 7.99. The van der Waals surface area contributed by atoms with Gasteiger partial charge in [0.25, 0.3) is 20.0 Å². The molecule has 0 atom stereocenters. The van der Waals surface area contributed by atoms with Gasteiger partial charge in [0.15, 0.2) is 0 Å². The van der Waals surface area contributed by atoms with E-state index in [2.05, 4.69) is 9.44 Å². The lowest BCUT2D eigenvalue weighted by atomic mass is 10.2. The lowest BCUT2D eigenvalue weighted by Gasteiger charge is -2.16. The number of halogens is 1. The van der Waals surface area contributed by atoms with Crippen LogP contribution in [0, 0.1) is 13.8 Å². The highest BCUT2D eigenvalue weighted by atomic mass is 35.5. The standard InChI is InChI=1S/C26H23ClN2O4S3/c1-18-3-12-23(13-4-18)35(30,31)28-25-16-11-22(34-21-9-7-20(27)8-10-21)17-26(25)29-36(32,33)24-14-5-19(2)6-15-24/h3-17,28-29H,1-2H3. The minimum atomic E-state index is -3.99. The van der Waals surface area contributed by atoms with Gasteiger partial charge in [-0.1, -0.05) is 58.8 Å². The molecule has 0 radical (unpaired) electrons. The van der Waals surface area contributed by atoms with Crippen molar-refractivity contribution in [2.75, 3.05) is 9.44 Å². The fourth-order valence-corrected chi connectivity index (χ4v) is 6.37. The molecule has 4 aromatic rings. The molecule has 0 amide bonds. The summed E-state index contributed by atoms with van der Waals surface area (Å²) in [6, 6.07) is 24.8. The molecule has 4 aromatic carbocycles. The molecule has 10 heteroatoms. The fourth-order valence-electron chi connectivity index (χ4n) is 3.24. The van der Waals surface area contributed by atoms with E-state index in [0.717, 1.165) is 16.0 Å². The Hall–Kier alpha value is -2.98. The van der Waals surface area contributed by atoms with Crippen LogP contribution in [0.5, 0.6) is 0 Å². The molecule has 0 aromatic heterocycles. The molecule has 0 aliphatic heterocycles. The number of benzene rings is 4. The number of aryl methyl sites for hydroxylation is 2. The summed E-state index contributed by atoms with van der Waals surface area (Å²) in [5.41, 5.74) is 2.04. The fraction of sp³-hybridized carbons (Fsp3) is 0.0769. The summed E-state index contributed by atoms with van der Waals surface area (Å²) < 4.78 is 57.4. The van der Waals surface area contributed by atoms with E-state index in [1.54, 1.807) is 48.5 Å². The van der Waals surface area contributed by atoms with E-state index in [-0.39, 0.29) is 21.2 Å². The van der Waals surface area contributed by atoms with Crippen molar-refractivity contribution in [3.05, 3.63) is 107 Å². The Morgan fingerprint density at radius 3 is 1.53 bits per heavy atom. The Balaban J connectivity index is 1.72. The van der Waals surface area contributed by atoms with Gasteiger partial charge in [-0.2, -0.15) is 0 Å². The van der Waals surface area contributed by atoms with Crippen molar-refractivity contribution < 1.29 is 16.8 Å². The van der Waals surface area contributed by atoms with Crippen LogP contribution in [0.25, 0.3) is 0 Å². The SMILES string of the molecule is Cc1ccc(S(=O)(=O)Nc2ccc(Sc3ccc(Cl)cc3)cc2NS(=O)(=O)c2ccc(C)cc2)cc1. The van der Waals surface area contributed by atoms with Crippen molar-refractivity contribution in [2.24, 2.45) is 0 Å². The van der Waals surface area contributed by atoms with Crippen LogP contribution in [-0.2, 0) is 20.0 Å². The molecule has 0 heterocycles. The van der Waals surface area contributed by atoms with Crippen LogP contribution < -0.4 is 9.44 Å². The minimum absolute atomic E-state index is 0.0659. The molecular weight excluding hydrogens is 536 g/mol. The second kappa shape index (κ2) is 10.6. The van der Waals surface area contributed by atoms with E-state index in [4.69, 9.17) is 11.6 Å². The summed E-state index contributed by atoms with van der Waals surface area (Å²) in [5.74, 6) is 0. The number of hydrogen-bond donors (Lipinski definition) is 2. The molecule has 6 nitrogen and oxygen atoms in total. The Bertz CT molecular complexity index is 1590. The van der Waals surface area contributed by atoms with E-state index >= 15 is 0 Å². The quantitative estimate of drug-likeness (QED) is 0.251. The maximum Gasteiger partial charge on any atom is 0.261 e. The van der Waals surface area contributed by atoms with Gasteiger partial charge in [-0.25, -0.2) is 16.8 Å². The maximum atomic E-state index is 13.1. The average molecular weight is 559 g/mol. The first kappa shape index (κ1) is 26.1. The first-order valence-electron chi connectivity index (χ1n) is 10.8. The monoisotopic (exact) mass is 558 g/mol. The molecular formula is C26H23ClN2O4S3. The average Bonchev–Trinajstić information content (AvgIpc) is 2.82. The zero-order valence-electron chi connectivity index (χ0n) is 19.4. The Morgan fingerprint density at radius 2 is 1.03 bits per heavy atom. The first-order valence-corrected chi connectivity index (χ1v) is 14.9. The van der Waals surface area contributed by atoms with Gasteiger partial charge in [-0.05, 0) is 80.6 Å². The molecule has 0 fully saturated rings. The van der Waals surface area contributed by atoms with E-state index in [0.29, 0.717) is 9.92 Å². The van der Waals surface area contributed by atoms with Crippen LogP contribution in [0.15, 0.2) is 111 Å². The molecule has 2 N–H and O–H groups in total. The first-order chi connectivity index (χ1) is 17.0. The van der Waals surface area contributed by atoms with Crippen molar-refractivity contribution in [2.45, 2.75) is 33.4 Å². The van der Waals surface area contributed by atoms with Gasteiger partial charge >= 0.3 is 0 Å². The molecule has 0 spiro atoms. The van der Waals surface area contributed by atoms with Crippen molar-refractivity contribution in [1.82, 2.24) is 0 Å². The third-order valence-electron chi connectivity index (χ3n) is 5.19. The maximum absolute atomic E-state index is 13.1. The van der Waals surface area contributed by atoms with Gasteiger partial charge in [-0.3, -0.25) is 9.44 Å². The van der Waals surface area contributed by atoms with Gasteiger partial charge in [0, 0.05) is 14.8 Å². The topological polar surface area (TPSA) is 92.3 Å². The van der Waals surface area contributed by atoms with Crippen LogP contribution in [0.1, 0.15) is 11.1 Å². The van der Waals surface area contributed by atoms with Gasteiger partial charge in [0.1, 0.15) is 0 Å². The molecule has 0 saturated carbocycles. The van der Waals surface area contributed by atoms with Crippen molar-refractivity contribution in [3.63, 3.8) is 0 Å². The highest BCUT2D eigenvalue weighted by Gasteiger charge is 2.20. The third-order valence-corrected chi connectivity index (χ3v) is 9.20. The van der Waals surface area contributed by atoms with E-state index in [1.165, 1.54) is 42.1 Å². The predicted molar refractivity (Wildman–Crippen MR) is 146 cm³/mol. The van der Waals surface area contributed by atoms with Crippen molar-refractivity contribution in [3.8, 4) is 0 Å². The zero-order chi connectivity index (χ0) is 25.9. The smallest absolute Gasteiger partial charge is 0.261 e. The minimum Gasteiger partial charge on any atom is -0.277 e. The lowest BCUT2D eigenvalue weighted by Crippen LogP contribution is -2.17. The number of rotatable bonds is 8. The van der Waals surface area contributed by atoms with Crippen molar-refractivity contribution in [1.29, 1.82) is 0 Å². The molecule has 0 aliphatic rings. The number of hydrogen-bond acceptors (Lipinski definition) is 5. The van der Waals surface area contributed by atoms with Gasteiger partial charge in [0.2, 0.25) is 0 Å². The van der Waals surface area contributed by atoms with E-state index in [1.807, 2.05) is 26.0 Å². The summed E-state index contributed by atoms with van der Waals surface area (Å²) in [7, 11) is -7.95. The van der Waals surface area contributed by atoms with Crippen LogP contribution in [0.2, 0.25) is 5.02 Å². The van der Waals surface area contributed by atoms with Crippen LogP contribution in [0.3, 0.4) is 0 Å². The molecule has 4 rings (SSSR count). The molecule has 0 unspecified atom stereocenters. The summed E-state index contributed by atoms with van der Waals surface area (Å²) in [6.45, 7) is 3.72. The van der Waals surface area contributed by atoms with E-state index in [9.17, 15) is 16.8 Å². The summed E-state index contributed by atoms with van der Waals surface area (Å²) in [6.07, 6.45) is 0.